The molecular weight excluding hydrogens is 358 g/mol. The summed E-state index contributed by atoms with van der Waals surface area (Å²) in [6.45, 7) is 10.6. The largest absolute Gasteiger partial charge is 0.496 e. The van der Waals surface area contributed by atoms with Gasteiger partial charge in [0, 0.05) is 11.1 Å². The molecule has 0 saturated heterocycles. The Morgan fingerprint density at radius 1 is 1.04 bits per heavy atom. The molecule has 0 bridgehead atoms. The zero-order chi connectivity index (χ0) is 19.9. The van der Waals surface area contributed by atoms with Crippen molar-refractivity contribution in [3.05, 3.63) is 57.1 Å². The molecule has 0 saturated carbocycles. The summed E-state index contributed by atoms with van der Waals surface area (Å²) in [6, 6.07) is 8.10. The molecule has 4 heteroatoms. The van der Waals surface area contributed by atoms with Gasteiger partial charge in [-0.25, -0.2) is 0 Å². The van der Waals surface area contributed by atoms with E-state index >= 15 is 0 Å². The van der Waals surface area contributed by atoms with Crippen LogP contribution in [0.5, 0.6) is 5.75 Å². The molecule has 142 valence electrons. The zero-order valence-corrected chi connectivity index (χ0v) is 17.5. The van der Waals surface area contributed by atoms with Gasteiger partial charge >= 0.3 is 0 Å². The van der Waals surface area contributed by atoms with E-state index in [9.17, 15) is 4.79 Å². The predicted octanol–water partition coefficient (Wildman–Crippen LogP) is 6.40. The van der Waals surface area contributed by atoms with Crippen molar-refractivity contribution < 1.29 is 9.53 Å². The highest BCUT2D eigenvalue weighted by molar-refractivity contribution is 6.41. The molecule has 2 aromatic carbocycles. The summed E-state index contributed by atoms with van der Waals surface area (Å²) in [7, 11) is 1.72. The molecule has 0 fully saturated rings. The highest BCUT2D eigenvalue weighted by Crippen LogP contribution is 2.41. The van der Waals surface area contributed by atoms with Gasteiger partial charge in [0.25, 0.3) is 5.91 Å². The fourth-order valence-corrected chi connectivity index (χ4v) is 3.89. The number of hydrogen-bond donors (Lipinski definition) is 1. The van der Waals surface area contributed by atoms with Crippen LogP contribution in [0.4, 0.5) is 5.69 Å². The number of aryl methyl sites for hydroxylation is 1. The number of fused-ring (bicyclic) bond motifs is 1. The van der Waals surface area contributed by atoms with Crippen molar-refractivity contribution in [2.45, 2.75) is 46.5 Å². The number of hydrogen-bond acceptors (Lipinski definition) is 2. The van der Waals surface area contributed by atoms with E-state index in [1.807, 2.05) is 25.1 Å². The molecule has 1 aliphatic rings. The molecule has 3 nitrogen and oxygen atoms in total. The molecule has 0 atom stereocenters. The van der Waals surface area contributed by atoms with E-state index in [1.165, 1.54) is 0 Å². The fourth-order valence-electron chi connectivity index (χ4n) is 3.57. The van der Waals surface area contributed by atoms with Crippen LogP contribution in [0.25, 0.3) is 11.6 Å². The van der Waals surface area contributed by atoms with Gasteiger partial charge in [-0.3, -0.25) is 4.79 Å². The Balaban J connectivity index is 2.20. The lowest BCUT2D eigenvalue weighted by Gasteiger charge is -2.19. The summed E-state index contributed by atoms with van der Waals surface area (Å²) in [5, 5.41) is 3.47. The minimum Gasteiger partial charge on any atom is -0.496 e. The molecule has 1 aliphatic heterocycles. The molecule has 1 heterocycles. The first-order valence-electron chi connectivity index (χ1n) is 9.28. The lowest BCUT2D eigenvalue weighted by Crippen LogP contribution is -2.04. The van der Waals surface area contributed by atoms with Crippen LogP contribution in [0.1, 0.15) is 67.3 Å². The topological polar surface area (TPSA) is 38.3 Å². The van der Waals surface area contributed by atoms with Gasteiger partial charge in [-0.1, -0.05) is 39.3 Å². The molecule has 3 rings (SSSR count). The number of anilines is 1. The van der Waals surface area contributed by atoms with Gasteiger partial charge in [-0.05, 0) is 71.4 Å². The van der Waals surface area contributed by atoms with Crippen LogP contribution in [-0.4, -0.2) is 13.0 Å². The number of halogens is 1. The van der Waals surface area contributed by atoms with Crippen molar-refractivity contribution in [1.82, 2.24) is 0 Å². The molecule has 0 spiro atoms. The molecule has 1 amide bonds. The summed E-state index contributed by atoms with van der Waals surface area (Å²) in [5.74, 6) is 1.46. The van der Waals surface area contributed by atoms with Crippen LogP contribution in [0, 0.1) is 6.92 Å². The second-order valence-electron chi connectivity index (χ2n) is 7.72. The SMILES string of the molecule is COc1c(C(C)C)cc(/C=C2/C(=O)Nc3c(Cl)cc(C)cc32)cc1C(C)C. The number of amides is 1. The summed E-state index contributed by atoms with van der Waals surface area (Å²) >= 11 is 6.32. The van der Waals surface area contributed by atoms with Crippen LogP contribution in [-0.2, 0) is 4.79 Å². The smallest absolute Gasteiger partial charge is 0.256 e. The number of nitrogens with one attached hydrogen (secondary N) is 1. The van der Waals surface area contributed by atoms with E-state index in [2.05, 4.69) is 45.1 Å². The van der Waals surface area contributed by atoms with E-state index in [4.69, 9.17) is 16.3 Å². The highest BCUT2D eigenvalue weighted by Gasteiger charge is 2.27. The van der Waals surface area contributed by atoms with Crippen LogP contribution < -0.4 is 10.1 Å². The quantitative estimate of drug-likeness (QED) is 0.620. The Labute approximate surface area is 166 Å². The predicted molar refractivity (Wildman–Crippen MR) is 114 cm³/mol. The van der Waals surface area contributed by atoms with Crippen molar-refractivity contribution in [3.8, 4) is 5.75 Å². The first-order valence-corrected chi connectivity index (χ1v) is 9.66. The van der Waals surface area contributed by atoms with E-state index in [1.54, 1.807) is 7.11 Å². The van der Waals surface area contributed by atoms with Gasteiger partial charge in [0.05, 0.1) is 17.8 Å². The minimum absolute atomic E-state index is 0.120. The van der Waals surface area contributed by atoms with Gasteiger partial charge in [-0.15, -0.1) is 0 Å². The monoisotopic (exact) mass is 383 g/mol. The number of benzene rings is 2. The Morgan fingerprint density at radius 3 is 2.15 bits per heavy atom. The molecule has 0 unspecified atom stereocenters. The molecule has 2 aromatic rings. The van der Waals surface area contributed by atoms with Crippen molar-refractivity contribution in [1.29, 1.82) is 0 Å². The molecule has 0 radical (unpaired) electrons. The maximum atomic E-state index is 12.6. The van der Waals surface area contributed by atoms with Crippen molar-refractivity contribution in [2.24, 2.45) is 0 Å². The molecular formula is C23H26ClNO2. The number of carbonyl (C=O) groups excluding carboxylic acids is 1. The average Bonchev–Trinajstić information content (AvgIpc) is 2.90. The molecule has 0 aromatic heterocycles. The summed E-state index contributed by atoms with van der Waals surface area (Å²) in [5.41, 5.74) is 6.52. The van der Waals surface area contributed by atoms with E-state index in [0.717, 1.165) is 33.6 Å². The average molecular weight is 384 g/mol. The minimum atomic E-state index is -0.120. The Kier molecular flexibility index (Phi) is 5.34. The Morgan fingerprint density at radius 2 is 1.63 bits per heavy atom. The van der Waals surface area contributed by atoms with Gasteiger partial charge in [-0.2, -0.15) is 0 Å². The lowest BCUT2D eigenvalue weighted by atomic mass is 9.90. The highest BCUT2D eigenvalue weighted by atomic mass is 35.5. The number of methoxy groups -OCH3 is 1. The van der Waals surface area contributed by atoms with Gasteiger partial charge in [0.2, 0.25) is 0 Å². The van der Waals surface area contributed by atoms with Gasteiger partial charge in [0.1, 0.15) is 5.75 Å². The first kappa shape index (κ1) is 19.5. The summed E-state index contributed by atoms with van der Waals surface area (Å²) < 4.78 is 5.72. The van der Waals surface area contributed by atoms with E-state index in [0.29, 0.717) is 28.1 Å². The normalized spacial score (nSPS) is 14.9. The van der Waals surface area contributed by atoms with E-state index < -0.39 is 0 Å². The van der Waals surface area contributed by atoms with Gasteiger partial charge < -0.3 is 10.1 Å². The fraction of sp³-hybridized carbons (Fsp3) is 0.348. The summed E-state index contributed by atoms with van der Waals surface area (Å²) in [6.07, 6.45) is 1.95. The second-order valence-corrected chi connectivity index (χ2v) is 8.13. The Hall–Kier alpha value is -2.26. The van der Waals surface area contributed by atoms with Crippen molar-refractivity contribution in [2.75, 3.05) is 12.4 Å². The van der Waals surface area contributed by atoms with Crippen molar-refractivity contribution >= 4 is 34.8 Å². The van der Waals surface area contributed by atoms with Crippen LogP contribution in [0.15, 0.2) is 24.3 Å². The third-order valence-corrected chi connectivity index (χ3v) is 5.23. The molecule has 0 aliphatic carbocycles. The maximum absolute atomic E-state index is 12.6. The maximum Gasteiger partial charge on any atom is 0.256 e. The standard InChI is InChI=1S/C23H26ClNO2/c1-12(2)16-9-15(10-17(13(3)4)22(16)27-6)11-19-18-7-14(5)8-20(24)21(18)25-23(19)26/h7-13H,1-6H3,(H,25,26)/b19-11+. The lowest BCUT2D eigenvalue weighted by molar-refractivity contribution is -0.110. The number of rotatable bonds is 4. The van der Waals surface area contributed by atoms with E-state index in [-0.39, 0.29) is 5.91 Å². The van der Waals surface area contributed by atoms with Crippen LogP contribution in [0.2, 0.25) is 5.02 Å². The number of ether oxygens (including phenoxy) is 1. The van der Waals surface area contributed by atoms with Crippen molar-refractivity contribution in [3.63, 3.8) is 0 Å². The third-order valence-electron chi connectivity index (χ3n) is 4.94. The second kappa shape index (κ2) is 7.40. The number of carbonyl (C=O) groups is 1. The van der Waals surface area contributed by atoms with Crippen LogP contribution in [0.3, 0.4) is 0 Å². The molecule has 27 heavy (non-hydrogen) atoms. The first-order chi connectivity index (χ1) is 12.7. The summed E-state index contributed by atoms with van der Waals surface area (Å²) in [4.78, 5) is 12.6. The Bertz CT molecular complexity index is 913. The van der Waals surface area contributed by atoms with Crippen LogP contribution >= 0.6 is 11.6 Å². The third kappa shape index (κ3) is 3.61. The zero-order valence-electron chi connectivity index (χ0n) is 16.7. The molecule has 1 N–H and O–H groups in total. The van der Waals surface area contributed by atoms with Gasteiger partial charge in [0.15, 0.2) is 0 Å².